The van der Waals surface area contributed by atoms with Crippen LogP contribution in [0, 0.1) is 10.8 Å². The second-order valence-electron chi connectivity index (χ2n) is 4.44. The van der Waals surface area contributed by atoms with Crippen LogP contribution in [0.25, 0.3) is 0 Å². The van der Waals surface area contributed by atoms with Gasteiger partial charge in [-0.25, -0.2) is 0 Å². The van der Waals surface area contributed by atoms with Crippen molar-refractivity contribution in [1.29, 1.82) is 0 Å². The minimum Gasteiger partial charge on any atom is -0.0817 e. The molecule has 0 saturated heterocycles. The van der Waals surface area contributed by atoms with Crippen LogP contribution in [0.15, 0.2) is 12.2 Å². The first-order valence-corrected chi connectivity index (χ1v) is 4.95. The van der Waals surface area contributed by atoms with Gasteiger partial charge in [0, 0.05) is 0 Å². The third-order valence-electron chi connectivity index (χ3n) is 4.02. The average Bonchev–Trinajstić information content (AvgIpc) is 2.61. The zero-order valence-electron chi connectivity index (χ0n) is 7.69. The highest BCUT2D eigenvalue weighted by molar-refractivity contribution is 5.21. The highest BCUT2D eigenvalue weighted by Gasteiger charge is 2.47. The Balaban J connectivity index is 2.23. The Labute approximate surface area is 69.7 Å². The van der Waals surface area contributed by atoms with Crippen LogP contribution in [-0.4, -0.2) is 0 Å². The van der Waals surface area contributed by atoms with Gasteiger partial charge >= 0.3 is 0 Å². The van der Waals surface area contributed by atoms with E-state index >= 15 is 0 Å². The number of rotatable bonds is 2. The molecule has 0 aromatic heterocycles. The lowest BCUT2D eigenvalue weighted by Crippen LogP contribution is -2.10. The molecule has 0 heterocycles. The van der Waals surface area contributed by atoms with E-state index in [9.17, 15) is 0 Å². The largest absolute Gasteiger partial charge is 0.0817 e. The van der Waals surface area contributed by atoms with Gasteiger partial charge in [0.1, 0.15) is 0 Å². The summed E-state index contributed by atoms with van der Waals surface area (Å²) in [4.78, 5) is 0. The van der Waals surface area contributed by atoms with Crippen LogP contribution < -0.4 is 0 Å². The summed E-state index contributed by atoms with van der Waals surface area (Å²) in [6, 6.07) is 0. The molecule has 2 rings (SSSR count). The quantitative estimate of drug-likeness (QED) is 0.528. The maximum absolute atomic E-state index is 2.50. The van der Waals surface area contributed by atoms with Gasteiger partial charge in [-0.05, 0) is 42.9 Å². The smallest absolute Gasteiger partial charge is 0.0112 e. The topological polar surface area (TPSA) is 0 Å². The zero-order chi connectivity index (χ0) is 7.95. The first-order valence-electron chi connectivity index (χ1n) is 4.95. The first kappa shape index (κ1) is 7.39. The van der Waals surface area contributed by atoms with Gasteiger partial charge in [-0.15, -0.1) is 0 Å². The fourth-order valence-corrected chi connectivity index (χ4v) is 2.85. The van der Waals surface area contributed by atoms with Gasteiger partial charge in [0.2, 0.25) is 0 Å². The molecule has 0 aliphatic heterocycles. The molecule has 0 amide bonds. The van der Waals surface area contributed by atoms with Crippen molar-refractivity contribution in [3.63, 3.8) is 0 Å². The molecule has 0 spiro atoms. The molecule has 11 heavy (non-hydrogen) atoms. The Kier molecular flexibility index (Phi) is 1.42. The fraction of sp³-hybridized carbons (Fsp3) is 0.818. The average molecular weight is 150 g/mol. The van der Waals surface area contributed by atoms with Crippen LogP contribution in [-0.2, 0) is 0 Å². The predicted octanol–water partition coefficient (Wildman–Crippen LogP) is 3.53. The van der Waals surface area contributed by atoms with E-state index in [1.165, 1.54) is 32.1 Å². The van der Waals surface area contributed by atoms with E-state index < -0.39 is 0 Å². The number of hydrogen-bond donors (Lipinski definition) is 0. The van der Waals surface area contributed by atoms with E-state index in [2.05, 4.69) is 26.0 Å². The minimum atomic E-state index is 0.635. The Bertz CT molecular complexity index is 172. The molecule has 0 nitrogen and oxygen atoms in total. The van der Waals surface area contributed by atoms with Gasteiger partial charge in [-0.2, -0.15) is 0 Å². The van der Waals surface area contributed by atoms with Gasteiger partial charge in [0.05, 0.1) is 0 Å². The lowest BCUT2D eigenvalue weighted by Gasteiger charge is -2.20. The monoisotopic (exact) mass is 150 g/mol. The molecule has 0 N–H and O–H groups in total. The summed E-state index contributed by atoms with van der Waals surface area (Å²) in [7, 11) is 0. The third kappa shape index (κ3) is 0.881. The highest BCUT2D eigenvalue weighted by atomic mass is 14.5. The molecule has 2 atom stereocenters. The summed E-state index contributed by atoms with van der Waals surface area (Å²) in [6.45, 7) is 4.67. The second kappa shape index (κ2) is 2.12. The van der Waals surface area contributed by atoms with Crippen LogP contribution in [0.3, 0.4) is 0 Å². The van der Waals surface area contributed by atoms with E-state index in [0.29, 0.717) is 10.8 Å². The standard InChI is InChI=1S/C11H18/c1-3-10-5-7-11(4-2,9-10)8-6-10/h5,7H,3-4,6,8-9H2,1-2H3. The number of allylic oxidation sites excluding steroid dienone is 2. The molecule has 2 bridgehead atoms. The lowest BCUT2D eigenvalue weighted by atomic mass is 9.84. The van der Waals surface area contributed by atoms with E-state index in [-0.39, 0.29) is 0 Å². The van der Waals surface area contributed by atoms with E-state index in [4.69, 9.17) is 0 Å². The molecule has 1 fully saturated rings. The SMILES string of the molecule is CCC12C=CC(CC)(CC1)C2. The summed E-state index contributed by atoms with van der Waals surface area (Å²) in [5, 5.41) is 0. The van der Waals surface area contributed by atoms with Crippen LogP contribution >= 0.6 is 0 Å². The Hall–Kier alpha value is -0.260. The summed E-state index contributed by atoms with van der Waals surface area (Å²) >= 11 is 0. The third-order valence-corrected chi connectivity index (χ3v) is 4.02. The molecular formula is C11H18. The van der Waals surface area contributed by atoms with Crippen molar-refractivity contribution in [3.8, 4) is 0 Å². The first-order chi connectivity index (χ1) is 5.24. The van der Waals surface area contributed by atoms with Gasteiger partial charge < -0.3 is 0 Å². The van der Waals surface area contributed by atoms with E-state index in [1.807, 2.05) is 0 Å². The van der Waals surface area contributed by atoms with Crippen molar-refractivity contribution in [2.24, 2.45) is 10.8 Å². The van der Waals surface area contributed by atoms with Gasteiger partial charge in [-0.3, -0.25) is 0 Å². The van der Waals surface area contributed by atoms with Crippen LogP contribution in [0.2, 0.25) is 0 Å². The molecule has 0 radical (unpaired) electrons. The lowest BCUT2D eigenvalue weighted by molar-refractivity contribution is 0.344. The predicted molar refractivity (Wildman–Crippen MR) is 48.4 cm³/mol. The van der Waals surface area contributed by atoms with Crippen molar-refractivity contribution in [2.75, 3.05) is 0 Å². The molecule has 2 aliphatic rings. The molecule has 2 aliphatic carbocycles. The van der Waals surface area contributed by atoms with Crippen molar-refractivity contribution in [1.82, 2.24) is 0 Å². The summed E-state index contributed by atoms with van der Waals surface area (Å²) < 4.78 is 0. The number of fused-ring (bicyclic) bond motifs is 2. The van der Waals surface area contributed by atoms with Crippen molar-refractivity contribution < 1.29 is 0 Å². The Morgan fingerprint density at radius 1 is 1.00 bits per heavy atom. The maximum atomic E-state index is 2.50. The molecule has 2 unspecified atom stereocenters. The van der Waals surface area contributed by atoms with E-state index in [1.54, 1.807) is 0 Å². The molecule has 0 aromatic carbocycles. The summed E-state index contributed by atoms with van der Waals surface area (Å²) in [5.41, 5.74) is 1.27. The Morgan fingerprint density at radius 2 is 1.45 bits per heavy atom. The van der Waals surface area contributed by atoms with E-state index in [0.717, 1.165) is 0 Å². The second-order valence-corrected chi connectivity index (χ2v) is 4.44. The van der Waals surface area contributed by atoms with Crippen LogP contribution in [0.1, 0.15) is 46.0 Å². The number of hydrogen-bond acceptors (Lipinski definition) is 0. The minimum absolute atomic E-state index is 0.635. The Morgan fingerprint density at radius 3 is 1.64 bits per heavy atom. The van der Waals surface area contributed by atoms with Crippen LogP contribution in [0.4, 0.5) is 0 Å². The van der Waals surface area contributed by atoms with Gasteiger partial charge in [0.25, 0.3) is 0 Å². The molecule has 0 aromatic rings. The van der Waals surface area contributed by atoms with Crippen molar-refractivity contribution in [3.05, 3.63) is 12.2 Å². The van der Waals surface area contributed by atoms with Crippen molar-refractivity contribution >= 4 is 0 Å². The summed E-state index contributed by atoms with van der Waals surface area (Å²) in [6.07, 6.45) is 12.1. The molecular weight excluding hydrogens is 132 g/mol. The maximum Gasteiger partial charge on any atom is -0.0112 e. The van der Waals surface area contributed by atoms with Gasteiger partial charge in [0.15, 0.2) is 0 Å². The molecule has 0 heteroatoms. The van der Waals surface area contributed by atoms with Gasteiger partial charge in [-0.1, -0.05) is 26.0 Å². The fourth-order valence-electron chi connectivity index (χ4n) is 2.85. The summed E-state index contributed by atoms with van der Waals surface area (Å²) in [5.74, 6) is 0. The zero-order valence-corrected chi connectivity index (χ0v) is 7.69. The molecule has 62 valence electrons. The normalized spacial score (nSPS) is 47.1. The van der Waals surface area contributed by atoms with Crippen molar-refractivity contribution in [2.45, 2.75) is 46.0 Å². The highest BCUT2D eigenvalue weighted by Crippen LogP contribution is 2.59. The van der Waals surface area contributed by atoms with Crippen LogP contribution in [0.5, 0.6) is 0 Å². The molecule has 1 saturated carbocycles.